The fraction of sp³-hybridized carbons (Fsp3) is 0.294. The van der Waals surface area contributed by atoms with Gasteiger partial charge in [-0.1, -0.05) is 48.5 Å². The molecule has 0 fully saturated rings. The molecule has 0 aliphatic heterocycles. The molecular weight excluding hydrogens is 252 g/mol. The summed E-state index contributed by atoms with van der Waals surface area (Å²) in [5, 5.41) is 0. The van der Waals surface area contributed by atoms with Gasteiger partial charge in [0.1, 0.15) is 0 Å². The molecule has 0 saturated heterocycles. The molecule has 98 valence electrons. The van der Waals surface area contributed by atoms with Gasteiger partial charge in [0.15, 0.2) is 0 Å². The maximum absolute atomic E-state index is 5.58. The summed E-state index contributed by atoms with van der Waals surface area (Å²) in [5.41, 5.74) is 5.55. The van der Waals surface area contributed by atoms with Crippen LogP contribution in [0.4, 0.5) is 0 Å². The second-order valence-corrected chi connectivity index (χ2v) is 5.91. The van der Waals surface area contributed by atoms with E-state index < -0.39 is 0 Å². The van der Waals surface area contributed by atoms with Crippen molar-refractivity contribution in [1.29, 1.82) is 0 Å². The van der Waals surface area contributed by atoms with E-state index in [0.717, 1.165) is 12.4 Å². The molecule has 19 heavy (non-hydrogen) atoms. The molecule has 1 nitrogen and oxygen atoms in total. The third kappa shape index (κ3) is 1.82. The van der Waals surface area contributed by atoms with Crippen LogP contribution in [0.25, 0.3) is 11.1 Å². The zero-order valence-corrected chi connectivity index (χ0v) is 12.2. The Labute approximate surface area is 119 Å². The second-order valence-electron chi connectivity index (χ2n) is 5.04. The first-order chi connectivity index (χ1) is 9.33. The van der Waals surface area contributed by atoms with Crippen molar-refractivity contribution in [2.24, 2.45) is 0 Å². The van der Waals surface area contributed by atoms with Crippen LogP contribution in [-0.2, 0) is 10.2 Å². The highest BCUT2D eigenvalue weighted by Crippen LogP contribution is 2.50. The SMILES string of the molecule is COCC1(CSC)c2ccccc2-c2ccccc21. The number of hydrogen-bond donors (Lipinski definition) is 0. The number of methoxy groups -OCH3 is 1. The van der Waals surface area contributed by atoms with Crippen LogP contribution < -0.4 is 0 Å². The average molecular weight is 270 g/mol. The molecule has 0 radical (unpaired) electrons. The average Bonchev–Trinajstić information content (AvgIpc) is 2.72. The van der Waals surface area contributed by atoms with Gasteiger partial charge in [-0.2, -0.15) is 11.8 Å². The first-order valence-electron chi connectivity index (χ1n) is 6.51. The highest BCUT2D eigenvalue weighted by atomic mass is 32.2. The molecule has 0 atom stereocenters. The molecule has 0 unspecified atom stereocenters. The quantitative estimate of drug-likeness (QED) is 0.831. The van der Waals surface area contributed by atoms with Gasteiger partial charge in [0.05, 0.1) is 12.0 Å². The van der Waals surface area contributed by atoms with Gasteiger partial charge in [-0.05, 0) is 28.5 Å². The molecule has 0 saturated carbocycles. The van der Waals surface area contributed by atoms with E-state index in [4.69, 9.17) is 4.74 Å². The minimum Gasteiger partial charge on any atom is -0.383 e. The van der Waals surface area contributed by atoms with Gasteiger partial charge in [-0.3, -0.25) is 0 Å². The van der Waals surface area contributed by atoms with E-state index in [0.29, 0.717) is 0 Å². The van der Waals surface area contributed by atoms with Crippen LogP contribution in [0.2, 0.25) is 0 Å². The van der Waals surface area contributed by atoms with E-state index in [1.165, 1.54) is 22.3 Å². The van der Waals surface area contributed by atoms with E-state index in [9.17, 15) is 0 Å². The summed E-state index contributed by atoms with van der Waals surface area (Å²) in [6.45, 7) is 0.738. The Morgan fingerprint density at radius 2 is 1.47 bits per heavy atom. The summed E-state index contributed by atoms with van der Waals surface area (Å²) in [6, 6.07) is 17.5. The predicted octanol–water partition coefficient (Wildman–Crippen LogP) is 3.96. The standard InChI is InChI=1S/C17H18OS/c1-18-11-17(12-19-2)15-9-5-3-7-13(15)14-8-4-6-10-16(14)17/h3-10H,11-12H2,1-2H3. The van der Waals surface area contributed by atoms with E-state index in [1.54, 1.807) is 7.11 Å². The Morgan fingerprint density at radius 1 is 0.947 bits per heavy atom. The third-order valence-electron chi connectivity index (χ3n) is 3.96. The van der Waals surface area contributed by atoms with Gasteiger partial charge in [0, 0.05) is 12.9 Å². The number of thioether (sulfide) groups is 1. The fourth-order valence-corrected chi connectivity index (χ4v) is 4.15. The molecule has 2 aromatic carbocycles. The molecule has 1 aliphatic carbocycles. The van der Waals surface area contributed by atoms with Crippen molar-refractivity contribution in [3.05, 3.63) is 59.7 Å². The molecule has 0 heterocycles. The van der Waals surface area contributed by atoms with Gasteiger partial charge in [0.2, 0.25) is 0 Å². The highest BCUT2D eigenvalue weighted by molar-refractivity contribution is 7.98. The Morgan fingerprint density at radius 3 is 1.95 bits per heavy atom. The Balaban J connectivity index is 2.28. The van der Waals surface area contributed by atoms with Crippen molar-refractivity contribution in [2.45, 2.75) is 5.41 Å². The molecular formula is C17H18OS. The molecule has 0 spiro atoms. The van der Waals surface area contributed by atoms with Crippen molar-refractivity contribution >= 4 is 11.8 Å². The van der Waals surface area contributed by atoms with Gasteiger partial charge < -0.3 is 4.74 Å². The van der Waals surface area contributed by atoms with Gasteiger partial charge in [-0.25, -0.2) is 0 Å². The van der Waals surface area contributed by atoms with Crippen molar-refractivity contribution in [3.8, 4) is 11.1 Å². The molecule has 0 bridgehead atoms. The minimum atomic E-state index is 0.00134. The van der Waals surface area contributed by atoms with E-state index in [2.05, 4.69) is 54.8 Å². The Hall–Kier alpha value is -1.25. The van der Waals surface area contributed by atoms with E-state index >= 15 is 0 Å². The number of ether oxygens (including phenoxy) is 1. The van der Waals surface area contributed by atoms with Crippen LogP contribution in [0.3, 0.4) is 0 Å². The normalized spacial score (nSPS) is 15.1. The van der Waals surface area contributed by atoms with Crippen molar-refractivity contribution < 1.29 is 4.74 Å². The molecule has 0 amide bonds. The lowest BCUT2D eigenvalue weighted by Gasteiger charge is -2.30. The molecule has 0 aromatic heterocycles. The Bertz CT molecular complexity index is 538. The summed E-state index contributed by atoms with van der Waals surface area (Å²) in [5.74, 6) is 1.05. The van der Waals surface area contributed by atoms with Crippen LogP contribution in [0.1, 0.15) is 11.1 Å². The van der Waals surface area contributed by atoms with Gasteiger partial charge in [0.25, 0.3) is 0 Å². The molecule has 0 N–H and O–H groups in total. The number of hydrogen-bond acceptors (Lipinski definition) is 2. The fourth-order valence-electron chi connectivity index (χ4n) is 3.26. The van der Waals surface area contributed by atoms with Crippen molar-refractivity contribution in [3.63, 3.8) is 0 Å². The summed E-state index contributed by atoms with van der Waals surface area (Å²) in [7, 11) is 1.80. The van der Waals surface area contributed by atoms with Crippen molar-refractivity contribution in [1.82, 2.24) is 0 Å². The first kappa shape index (κ1) is 12.8. The lowest BCUT2D eigenvalue weighted by atomic mass is 9.81. The smallest absolute Gasteiger partial charge is 0.0608 e. The second kappa shape index (κ2) is 5.03. The number of fused-ring (bicyclic) bond motifs is 3. The topological polar surface area (TPSA) is 9.23 Å². The van der Waals surface area contributed by atoms with Crippen LogP contribution in [-0.4, -0.2) is 25.7 Å². The van der Waals surface area contributed by atoms with E-state index in [-0.39, 0.29) is 5.41 Å². The summed E-state index contributed by atoms with van der Waals surface area (Å²) in [6.07, 6.45) is 2.17. The molecule has 3 rings (SSSR count). The largest absolute Gasteiger partial charge is 0.383 e. The zero-order chi connectivity index (χ0) is 13.3. The minimum absolute atomic E-state index is 0.00134. The maximum atomic E-state index is 5.58. The monoisotopic (exact) mass is 270 g/mol. The van der Waals surface area contributed by atoms with Crippen LogP contribution in [0.5, 0.6) is 0 Å². The van der Waals surface area contributed by atoms with E-state index in [1.807, 2.05) is 11.8 Å². The van der Waals surface area contributed by atoms with Crippen LogP contribution >= 0.6 is 11.8 Å². The zero-order valence-electron chi connectivity index (χ0n) is 11.3. The van der Waals surface area contributed by atoms with Gasteiger partial charge >= 0.3 is 0 Å². The predicted molar refractivity (Wildman–Crippen MR) is 82.9 cm³/mol. The lowest BCUT2D eigenvalue weighted by molar-refractivity contribution is 0.159. The molecule has 1 aliphatic rings. The number of benzene rings is 2. The van der Waals surface area contributed by atoms with Gasteiger partial charge in [-0.15, -0.1) is 0 Å². The highest BCUT2D eigenvalue weighted by Gasteiger charge is 2.42. The maximum Gasteiger partial charge on any atom is 0.0608 e. The summed E-state index contributed by atoms with van der Waals surface area (Å²) >= 11 is 1.88. The third-order valence-corrected chi connectivity index (χ3v) is 4.74. The molecule has 2 heteroatoms. The Kier molecular flexibility index (Phi) is 3.38. The summed E-state index contributed by atoms with van der Waals surface area (Å²) in [4.78, 5) is 0. The molecule has 2 aromatic rings. The first-order valence-corrected chi connectivity index (χ1v) is 7.90. The summed E-state index contributed by atoms with van der Waals surface area (Å²) < 4.78 is 5.58. The van der Waals surface area contributed by atoms with Crippen LogP contribution in [0.15, 0.2) is 48.5 Å². The lowest BCUT2D eigenvalue weighted by Crippen LogP contribution is -2.33. The number of rotatable bonds is 4. The van der Waals surface area contributed by atoms with Crippen molar-refractivity contribution in [2.75, 3.05) is 25.7 Å². The van der Waals surface area contributed by atoms with Crippen LogP contribution in [0, 0.1) is 0 Å².